The van der Waals surface area contributed by atoms with Gasteiger partial charge in [0, 0.05) is 17.6 Å². The lowest BCUT2D eigenvalue weighted by Gasteiger charge is -2.19. The van der Waals surface area contributed by atoms with Gasteiger partial charge >= 0.3 is 6.18 Å². The number of aromatic nitrogens is 2. The molecular formula is C28H33F3N4. The monoisotopic (exact) mass is 482 g/mol. The summed E-state index contributed by atoms with van der Waals surface area (Å²) in [5.41, 5.74) is 2.81. The van der Waals surface area contributed by atoms with Gasteiger partial charge in [-0.1, -0.05) is 69.4 Å². The predicted octanol–water partition coefficient (Wildman–Crippen LogP) is 8.76. The van der Waals surface area contributed by atoms with Crippen molar-refractivity contribution in [1.82, 2.24) is 9.97 Å². The van der Waals surface area contributed by atoms with Crippen molar-refractivity contribution in [1.29, 1.82) is 0 Å². The molecule has 3 aromatic rings. The van der Waals surface area contributed by atoms with Crippen LogP contribution in [0.5, 0.6) is 0 Å². The molecule has 1 aliphatic rings. The van der Waals surface area contributed by atoms with Gasteiger partial charge in [0.1, 0.15) is 11.4 Å². The third-order valence-electron chi connectivity index (χ3n) is 6.63. The Morgan fingerprint density at radius 1 is 0.914 bits per heavy atom. The lowest BCUT2D eigenvalue weighted by molar-refractivity contribution is -0.137. The maximum absolute atomic E-state index is 13.8. The lowest BCUT2D eigenvalue weighted by atomic mass is 9.96. The van der Waals surface area contributed by atoms with Gasteiger partial charge in [0.2, 0.25) is 5.95 Å². The van der Waals surface area contributed by atoms with Gasteiger partial charge < -0.3 is 10.6 Å². The summed E-state index contributed by atoms with van der Waals surface area (Å²) in [4.78, 5) is 8.19. The van der Waals surface area contributed by atoms with Crippen LogP contribution in [-0.4, -0.2) is 9.97 Å². The number of hydrogen-bond acceptors (Lipinski definition) is 4. The molecule has 2 aromatic carbocycles. The van der Waals surface area contributed by atoms with E-state index in [9.17, 15) is 13.2 Å². The fourth-order valence-corrected chi connectivity index (χ4v) is 4.72. The first-order valence-electron chi connectivity index (χ1n) is 12.6. The Morgan fingerprint density at radius 2 is 1.66 bits per heavy atom. The molecule has 4 nitrogen and oxygen atoms in total. The summed E-state index contributed by atoms with van der Waals surface area (Å²) in [6.45, 7) is 2.19. The highest BCUT2D eigenvalue weighted by Gasteiger charge is 2.35. The highest BCUT2D eigenvalue weighted by atomic mass is 19.4. The number of anilines is 4. The van der Waals surface area contributed by atoms with E-state index in [1.165, 1.54) is 24.8 Å². The Hall–Kier alpha value is -3.09. The van der Waals surface area contributed by atoms with Crippen LogP contribution in [0.3, 0.4) is 0 Å². The minimum atomic E-state index is -4.57. The molecule has 1 aromatic heterocycles. The van der Waals surface area contributed by atoms with Crippen molar-refractivity contribution < 1.29 is 13.2 Å². The molecule has 1 saturated carbocycles. The summed E-state index contributed by atoms with van der Waals surface area (Å²) in [6.07, 6.45) is 6.51. The van der Waals surface area contributed by atoms with Crippen LogP contribution in [0.1, 0.15) is 80.9 Å². The van der Waals surface area contributed by atoms with E-state index < -0.39 is 11.7 Å². The van der Waals surface area contributed by atoms with Crippen LogP contribution in [0.25, 0.3) is 0 Å². The molecule has 0 bridgehead atoms. The van der Waals surface area contributed by atoms with Gasteiger partial charge in [0.25, 0.3) is 0 Å². The number of unbranched alkanes of at least 4 members (excludes halogenated alkanes) is 3. The predicted molar refractivity (Wildman–Crippen MR) is 136 cm³/mol. The highest BCUT2D eigenvalue weighted by molar-refractivity contribution is 5.66. The van der Waals surface area contributed by atoms with Gasteiger partial charge in [-0.15, -0.1) is 0 Å². The zero-order valence-corrected chi connectivity index (χ0v) is 20.2. The van der Waals surface area contributed by atoms with Crippen LogP contribution in [0.15, 0.2) is 54.7 Å². The molecule has 0 radical (unpaired) electrons. The van der Waals surface area contributed by atoms with Crippen molar-refractivity contribution in [2.75, 3.05) is 10.6 Å². The van der Waals surface area contributed by atoms with E-state index in [-0.39, 0.29) is 11.8 Å². The van der Waals surface area contributed by atoms with Gasteiger partial charge in [0.05, 0.1) is 0 Å². The topological polar surface area (TPSA) is 49.8 Å². The Labute approximate surface area is 205 Å². The first-order valence-corrected chi connectivity index (χ1v) is 12.6. The molecule has 0 atom stereocenters. The standard InChI is InChI=1S/C28H33F3N4/c1-2-3-4-5-10-20-15-17-22(18-16-20)33-27-32-19-24(28(29,30)31)26(35-27)34-25-14-9-8-13-23(25)21-11-6-7-12-21/h8-9,13-19,21H,2-7,10-12H2,1H3,(H2,32,33,34,35). The van der Waals surface area contributed by atoms with Gasteiger partial charge in [0.15, 0.2) is 0 Å². The maximum atomic E-state index is 13.8. The third-order valence-corrected chi connectivity index (χ3v) is 6.63. The van der Waals surface area contributed by atoms with Crippen LogP contribution in [0.4, 0.5) is 36.3 Å². The molecule has 0 spiro atoms. The van der Waals surface area contributed by atoms with E-state index in [4.69, 9.17) is 0 Å². The average molecular weight is 483 g/mol. The van der Waals surface area contributed by atoms with Crippen molar-refractivity contribution in [3.8, 4) is 0 Å². The minimum Gasteiger partial charge on any atom is -0.339 e. The average Bonchev–Trinajstić information content (AvgIpc) is 3.38. The van der Waals surface area contributed by atoms with E-state index in [0.717, 1.165) is 56.0 Å². The van der Waals surface area contributed by atoms with Crippen molar-refractivity contribution in [3.05, 3.63) is 71.4 Å². The highest BCUT2D eigenvalue weighted by Crippen LogP contribution is 2.40. The van der Waals surface area contributed by atoms with Crippen LogP contribution < -0.4 is 10.6 Å². The summed E-state index contributed by atoms with van der Waals surface area (Å²) in [6, 6.07) is 15.5. The van der Waals surface area contributed by atoms with Gasteiger partial charge in [-0.05, 0) is 60.9 Å². The van der Waals surface area contributed by atoms with E-state index in [1.54, 1.807) is 0 Å². The second-order valence-corrected chi connectivity index (χ2v) is 9.28. The Balaban J connectivity index is 1.53. The molecule has 4 rings (SSSR count). The summed E-state index contributed by atoms with van der Waals surface area (Å²) < 4.78 is 41.3. The number of rotatable bonds is 10. The second kappa shape index (κ2) is 11.6. The first-order chi connectivity index (χ1) is 16.9. The van der Waals surface area contributed by atoms with E-state index in [2.05, 4.69) is 27.5 Å². The van der Waals surface area contributed by atoms with Crippen LogP contribution in [-0.2, 0) is 12.6 Å². The third kappa shape index (κ3) is 6.74. The van der Waals surface area contributed by atoms with E-state index in [1.807, 2.05) is 48.5 Å². The van der Waals surface area contributed by atoms with Gasteiger partial charge in [-0.3, -0.25) is 0 Å². The Kier molecular flexibility index (Phi) is 8.26. The molecule has 1 fully saturated rings. The van der Waals surface area contributed by atoms with Crippen LogP contribution >= 0.6 is 0 Å². The molecule has 186 valence electrons. The fourth-order valence-electron chi connectivity index (χ4n) is 4.72. The maximum Gasteiger partial charge on any atom is 0.421 e. The van der Waals surface area contributed by atoms with Crippen molar-refractivity contribution >= 4 is 23.1 Å². The molecule has 1 heterocycles. The van der Waals surface area contributed by atoms with Crippen molar-refractivity contribution in [2.24, 2.45) is 0 Å². The molecule has 2 N–H and O–H groups in total. The zero-order valence-electron chi connectivity index (χ0n) is 20.2. The van der Waals surface area contributed by atoms with Gasteiger partial charge in [-0.25, -0.2) is 4.98 Å². The number of para-hydroxylation sites is 1. The number of benzene rings is 2. The summed E-state index contributed by atoms with van der Waals surface area (Å²) in [5.74, 6) is 0.232. The fraction of sp³-hybridized carbons (Fsp3) is 0.429. The molecule has 0 amide bonds. The molecule has 35 heavy (non-hydrogen) atoms. The quantitative estimate of drug-likeness (QED) is 0.284. The minimum absolute atomic E-state index is 0.120. The van der Waals surface area contributed by atoms with Crippen LogP contribution in [0, 0.1) is 0 Å². The molecule has 1 aliphatic carbocycles. The van der Waals surface area contributed by atoms with Crippen molar-refractivity contribution in [2.45, 2.75) is 76.8 Å². The smallest absolute Gasteiger partial charge is 0.339 e. The van der Waals surface area contributed by atoms with E-state index >= 15 is 0 Å². The number of halogens is 3. The number of hydrogen-bond donors (Lipinski definition) is 2. The summed E-state index contributed by atoms with van der Waals surface area (Å²) in [5, 5.41) is 6.03. The molecule has 0 unspecified atom stereocenters. The Morgan fingerprint density at radius 3 is 2.37 bits per heavy atom. The SMILES string of the molecule is CCCCCCc1ccc(Nc2ncc(C(F)(F)F)c(Nc3ccccc3C3CCCC3)n2)cc1. The first kappa shape index (κ1) is 25.0. The number of nitrogens with zero attached hydrogens (tertiary/aromatic N) is 2. The lowest BCUT2D eigenvalue weighted by Crippen LogP contribution is -2.13. The summed E-state index contributed by atoms with van der Waals surface area (Å²) in [7, 11) is 0. The largest absolute Gasteiger partial charge is 0.421 e. The molecule has 7 heteroatoms. The second-order valence-electron chi connectivity index (χ2n) is 9.28. The van der Waals surface area contributed by atoms with Crippen LogP contribution in [0.2, 0.25) is 0 Å². The molecule has 0 aliphatic heterocycles. The Bertz CT molecular complexity index is 1090. The number of aryl methyl sites for hydroxylation is 1. The summed E-state index contributed by atoms with van der Waals surface area (Å²) >= 11 is 0. The van der Waals surface area contributed by atoms with Gasteiger partial charge in [-0.2, -0.15) is 18.2 Å². The zero-order chi connectivity index (χ0) is 24.7. The normalized spacial score (nSPS) is 14.3. The number of alkyl halides is 3. The van der Waals surface area contributed by atoms with Crippen molar-refractivity contribution in [3.63, 3.8) is 0 Å². The molecular weight excluding hydrogens is 449 g/mol. The number of nitrogens with one attached hydrogen (secondary N) is 2. The van der Waals surface area contributed by atoms with E-state index in [0.29, 0.717) is 11.6 Å². The molecule has 0 saturated heterocycles.